The van der Waals surface area contributed by atoms with Crippen LogP contribution in [0.4, 0.5) is 4.39 Å². The van der Waals surface area contributed by atoms with Crippen LogP contribution in [-0.4, -0.2) is 29.8 Å². The predicted octanol–water partition coefficient (Wildman–Crippen LogP) is 3.37. The molecule has 2 aliphatic rings. The quantitative estimate of drug-likeness (QED) is 0.672. The van der Waals surface area contributed by atoms with E-state index in [0.29, 0.717) is 0 Å². The molecule has 0 radical (unpaired) electrons. The summed E-state index contributed by atoms with van der Waals surface area (Å²) in [7, 11) is -0.807. The highest BCUT2D eigenvalue weighted by Gasteiger charge is 2.53. The van der Waals surface area contributed by atoms with E-state index >= 15 is 0 Å². The Labute approximate surface area is 107 Å². The molecule has 0 aliphatic carbocycles. The Hall–Kier alpha value is 0.00494. The Bertz CT molecular complexity index is 317. The lowest BCUT2D eigenvalue weighted by Crippen LogP contribution is -2.41. The molecular weight excluding hydrogens is 238 g/mol. The van der Waals surface area contributed by atoms with Crippen molar-refractivity contribution < 1.29 is 13.7 Å². The van der Waals surface area contributed by atoms with Gasteiger partial charge >= 0.3 is 7.12 Å². The average molecular weight is 258 g/mol. The number of hydrogen-bond donors (Lipinski definition) is 0. The fraction of sp³-hybridized carbons (Fsp3) is 0.833. The summed E-state index contributed by atoms with van der Waals surface area (Å²) in [5.41, 5.74) is -0.232. The molecule has 2 nitrogen and oxygen atoms in total. The van der Waals surface area contributed by atoms with Crippen molar-refractivity contribution in [2.24, 2.45) is 0 Å². The van der Waals surface area contributed by atoms with Crippen molar-refractivity contribution in [2.75, 3.05) is 11.5 Å². The highest BCUT2D eigenvalue weighted by Crippen LogP contribution is 2.40. The standard InChI is InChI=1S/C12H20BFO2S/c1-11(2)12(3,4)16-13(15-11)10(14)9-5-7-17-8-6-9/h5-8H2,1-4H3. The van der Waals surface area contributed by atoms with E-state index in [0.717, 1.165) is 29.9 Å². The predicted molar refractivity (Wildman–Crippen MR) is 70.8 cm³/mol. The molecule has 17 heavy (non-hydrogen) atoms. The van der Waals surface area contributed by atoms with Crippen LogP contribution in [0, 0.1) is 0 Å². The van der Waals surface area contributed by atoms with Gasteiger partial charge in [-0.1, -0.05) is 0 Å². The first-order chi connectivity index (χ1) is 7.83. The molecule has 2 heterocycles. The van der Waals surface area contributed by atoms with E-state index in [1.54, 1.807) is 0 Å². The van der Waals surface area contributed by atoms with E-state index in [2.05, 4.69) is 0 Å². The fourth-order valence-electron chi connectivity index (χ4n) is 1.97. The van der Waals surface area contributed by atoms with Crippen LogP contribution in [0.15, 0.2) is 11.3 Å². The molecule has 0 amide bonds. The highest BCUT2D eigenvalue weighted by molar-refractivity contribution is 7.99. The van der Waals surface area contributed by atoms with Gasteiger partial charge in [0.2, 0.25) is 0 Å². The summed E-state index contributed by atoms with van der Waals surface area (Å²) in [4.78, 5) is 0. The third-order valence-corrected chi connectivity index (χ3v) is 4.88. The summed E-state index contributed by atoms with van der Waals surface area (Å²) in [6.45, 7) is 7.78. The largest absolute Gasteiger partial charge is 0.525 e. The molecule has 0 N–H and O–H groups in total. The molecular formula is C12H20BFO2S. The van der Waals surface area contributed by atoms with Crippen LogP contribution in [-0.2, 0) is 9.31 Å². The van der Waals surface area contributed by atoms with Crippen LogP contribution in [0.5, 0.6) is 0 Å². The van der Waals surface area contributed by atoms with Crippen molar-refractivity contribution in [3.63, 3.8) is 0 Å². The maximum atomic E-state index is 14.3. The number of halogens is 1. The average Bonchev–Trinajstić information content (AvgIpc) is 2.48. The number of thioether (sulfide) groups is 1. The Morgan fingerprint density at radius 3 is 2.06 bits per heavy atom. The zero-order chi connectivity index (χ0) is 12.7. The molecule has 2 fully saturated rings. The van der Waals surface area contributed by atoms with Crippen molar-refractivity contribution in [3.8, 4) is 0 Å². The van der Waals surface area contributed by atoms with Crippen LogP contribution in [0.1, 0.15) is 40.5 Å². The van der Waals surface area contributed by atoms with Gasteiger partial charge in [-0.3, -0.25) is 0 Å². The van der Waals surface area contributed by atoms with E-state index in [-0.39, 0.29) is 5.73 Å². The second-order valence-electron chi connectivity index (χ2n) is 5.65. The minimum atomic E-state index is -0.807. The van der Waals surface area contributed by atoms with Crippen molar-refractivity contribution in [2.45, 2.75) is 51.7 Å². The Kier molecular flexibility index (Phi) is 3.63. The van der Waals surface area contributed by atoms with Gasteiger partial charge in [0.25, 0.3) is 0 Å². The Morgan fingerprint density at radius 1 is 1.12 bits per heavy atom. The molecule has 0 atom stereocenters. The first kappa shape index (κ1) is 13.4. The normalized spacial score (nSPS) is 27.4. The summed E-state index contributed by atoms with van der Waals surface area (Å²) in [6.07, 6.45) is 1.64. The van der Waals surface area contributed by atoms with E-state index in [4.69, 9.17) is 9.31 Å². The summed E-state index contributed by atoms with van der Waals surface area (Å²) in [6, 6.07) is 0. The summed E-state index contributed by atoms with van der Waals surface area (Å²) in [5.74, 6) is 2.00. The van der Waals surface area contributed by atoms with Gasteiger partial charge in [-0.25, -0.2) is 4.39 Å². The van der Waals surface area contributed by atoms with E-state index in [1.807, 2.05) is 39.5 Å². The van der Waals surface area contributed by atoms with Crippen LogP contribution < -0.4 is 0 Å². The van der Waals surface area contributed by atoms with Gasteiger partial charge in [0.1, 0.15) is 5.73 Å². The second kappa shape index (κ2) is 4.59. The highest BCUT2D eigenvalue weighted by atomic mass is 32.2. The Morgan fingerprint density at radius 2 is 1.59 bits per heavy atom. The molecule has 0 unspecified atom stereocenters. The molecule has 2 rings (SSSR count). The smallest absolute Gasteiger partial charge is 0.398 e. The van der Waals surface area contributed by atoms with Gasteiger partial charge in [0, 0.05) is 0 Å². The molecule has 0 saturated carbocycles. The molecule has 96 valence electrons. The molecule has 0 aromatic heterocycles. The van der Waals surface area contributed by atoms with Crippen molar-refractivity contribution in [3.05, 3.63) is 11.3 Å². The molecule has 0 aromatic carbocycles. The van der Waals surface area contributed by atoms with Crippen molar-refractivity contribution in [1.29, 1.82) is 0 Å². The van der Waals surface area contributed by atoms with Gasteiger partial charge in [-0.15, -0.1) is 0 Å². The monoisotopic (exact) mass is 258 g/mol. The minimum absolute atomic E-state index is 0.191. The molecule has 0 bridgehead atoms. The maximum absolute atomic E-state index is 14.3. The van der Waals surface area contributed by atoms with Gasteiger partial charge in [-0.2, -0.15) is 11.8 Å². The van der Waals surface area contributed by atoms with Crippen molar-refractivity contribution in [1.82, 2.24) is 0 Å². The Balaban J connectivity index is 2.15. The number of hydrogen-bond acceptors (Lipinski definition) is 3. The van der Waals surface area contributed by atoms with Gasteiger partial charge in [0.15, 0.2) is 0 Å². The maximum Gasteiger partial charge on any atom is 0.525 e. The topological polar surface area (TPSA) is 18.5 Å². The molecule has 0 spiro atoms. The first-order valence-electron chi connectivity index (χ1n) is 6.14. The van der Waals surface area contributed by atoms with E-state index in [1.165, 1.54) is 0 Å². The lowest BCUT2D eigenvalue weighted by Gasteiger charge is -2.32. The zero-order valence-corrected chi connectivity index (χ0v) is 11.8. The third-order valence-electron chi connectivity index (χ3n) is 3.89. The number of rotatable bonds is 1. The van der Waals surface area contributed by atoms with Crippen LogP contribution in [0.25, 0.3) is 0 Å². The third kappa shape index (κ3) is 2.56. The van der Waals surface area contributed by atoms with Crippen LogP contribution >= 0.6 is 11.8 Å². The first-order valence-corrected chi connectivity index (χ1v) is 7.30. The zero-order valence-electron chi connectivity index (χ0n) is 11.0. The molecule has 2 aliphatic heterocycles. The summed E-state index contributed by atoms with van der Waals surface area (Å²) in [5, 5.41) is 0. The minimum Gasteiger partial charge on any atom is -0.398 e. The fourth-order valence-corrected chi connectivity index (χ4v) is 2.96. The molecule has 5 heteroatoms. The SMILES string of the molecule is CC1(C)OB(C(F)=C2CCSCC2)OC1(C)C. The van der Waals surface area contributed by atoms with Crippen LogP contribution in [0.3, 0.4) is 0 Å². The number of allylic oxidation sites excluding steroid dienone is 1. The lowest BCUT2D eigenvalue weighted by atomic mass is 9.83. The summed E-state index contributed by atoms with van der Waals surface area (Å²) >= 11 is 1.88. The van der Waals surface area contributed by atoms with Crippen LogP contribution in [0.2, 0.25) is 0 Å². The molecule has 2 saturated heterocycles. The summed E-state index contributed by atoms with van der Waals surface area (Å²) < 4.78 is 25.7. The van der Waals surface area contributed by atoms with E-state index in [9.17, 15) is 4.39 Å². The van der Waals surface area contributed by atoms with Crippen molar-refractivity contribution >= 4 is 18.9 Å². The lowest BCUT2D eigenvalue weighted by molar-refractivity contribution is 0.00578. The van der Waals surface area contributed by atoms with Gasteiger partial charge in [-0.05, 0) is 57.6 Å². The van der Waals surface area contributed by atoms with E-state index < -0.39 is 18.3 Å². The van der Waals surface area contributed by atoms with Gasteiger partial charge < -0.3 is 9.31 Å². The van der Waals surface area contributed by atoms with Gasteiger partial charge in [0.05, 0.1) is 11.2 Å². The second-order valence-corrected chi connectivity index (χ2v) is 6.88. The molecule has 0 aromatic rings.